The van der Waals surface area contributed by atoms with Gasteiger partial charge in [-0.05, 0) is 25.7 Å². The van der Waals surface area contributed by atoms with Crippen molar-refractivity contribution in [1.29, 1.82) is 0 Å². The molecule has 2 radical (unpaired) electrons. The molecule has 4 nitrogen and oxygen atoms in total. The van der Waals surface area contributed by atoms with Crippen molar-refractivity contribution in [3.63, 3.8) is 0 Å². The third-order valence-electron chi connectivity index (χ3n) is 3.91. The number of hydrogen-bond donors (Lipinski definition) is 2. The topological polar surface area (TPSA) is 74.6 Å². The third-order valence-corrected chi connectivity index (χ3v) is 3.91. The van der Waals surface area contributed by atoms with E-state index in [1.165, 1.54) is 12.8 Å². The van der Waals surface area contributed by atoms with E-state index in [-0.39, 0.29) is 57.3 Å². The van der Waals surface area contributed by atoms with Gasteiger partial charge in [-0.3, -0.25) is 9.59 Å². The summed E-state index contributed by atoms with van der Waals surface area (Å²) in [6.07, 6.45) is 10.5. The van der Waals surface area contributed by atoms with Crippen LogP contribution in [0.1, 0.15) is 64.2 Å². The number of carboxylic acid groups (broad SMARTS) is 2. The zero-order valence-corrected chi connectivity index (χ0v) is 15.1. The van der Waals surface area contributed by atoms with E-state index in [1.807, 2.05) is 0 Å². The Bertz CT molecular complexity index is 241. The molecule has 0 bridgehead atoms. The molecule has 0 aromatic rings. The van der Waals surface area contributed by atoms with Gasteiger partial charge in [0.05, 0.1) is 11.8 Å². The summed E-state index contributed by atoms with van der Waals surface area (Å²) in [5, 5.41) is 17.1. The van der Waals surface area contributed by atoms with Crippen molar-refractivity contribution in [1.82, 2.24) is 0 Å². The molecule has 2 rings (SSSR count). The second-order valence-corrected chi connectivity index (χ2v) is 5.35. The molecule has 0 aromatic heterocycles. The summed E-state index contributed by atoms with van der Waals surface area (Å²) in [7, 11) is 0. The van der Waals surface area contributed by atoms with E-state index >= 15 is 0 Å². The van der Waals surface area contributed by atoms with Crippen LogP contribution in [0.5, 0.6) is 0 Å². The number of hydrogen-bond acceptors (Lipinski definition) is 2. The number of carbonyl (C=O) groups is 2. The number of rotatable bonds is 2. The van der Waals surface area contributed by atoms with Crippen molar-refractivity contribution in [2.24, 2.45) is 11.8 Å². The minimum atomic E-state index is -0.602. The van der Waals surface area contributed by atoms with Crippen LogP contribution in [-0.2, 0) is 9.59 Å². The summed E-state index contributed by atoms with van der Waals surface area (Å²) in [4.78, 5) is 20.7. The third kappa shape index (κ3) is 8.33. The van der Waals surface area contributed by atoms with E-state index in [4.69, 9.17) is 10.2 Å². The zero-order chi connectivity index (χ0) is 13.4. The molecule has 0 aromatic carbocycles. The monoisotopic (exact) mass is 344 g/mol. The largest absolute Gasteiger partial charge is 0.481 e. The van der Waals surface area contributed by atoms with Gasteiger partial charge in [0, 0.05) is 45.5 Å². The molecule has 2 N–H and O–H groups in total. The Hall–Kier alpha value is 0.421. The predicted octanol–water partition coefficient (Wildman–Crippen LogP) is 2.92. The Morgan fingerprint density at radius 1 is 0.632 bits per heavy atom. The molecule has 5 heteroatoms. The molecule has 0 unspecified atom stereocenters. The molecular formula is C14H24O4Sr. The summed E-state index contributed by atoms with van der Waals surface area (Å²) in [6, 6.07) is 0. The van der Waals surface area contributed by atoms with E-state index < -0.39 is 11.9 Å². The zero-order valence-electron chi connectivity index (χ0n) is 11.6. The summed E-state index contributed by atoms with van der Waals surface area (Å²) in [6.45, 7) is 0. The van der Waals surface area contributed by atoms with Gasteiger partial charge in [0.25, 0.3) is 0 Å². The van der Waals surface area contributed by atoms with Crippen LogP contribution in [0.2, 0.25) is 0 Å². The molecule has 0 aliphatic heterocycles. The quantitative estimate of drug-likeness (QED) is 0.756. The number of carboxylic acids is 2. The number of aliphatic carboxylic acids is 2. The maximum Gasteiger partial charge on any atom is 0.306 e. The summed E-state index contributed by atoms with van der Waals surface area (Å²) in [5.41, 5.74) is 0. The molecule has 0 heterocycles. The Kier molecular flexibility index (Phi) is 11.4. The van der Waals surface area contributed by atoms with Gasteiger partial charge < -0.3 is 10.2 Å². The summed E-state index contributed by atoms with van der Waals surface area (Å²) >= 11 is 0. The maximum atomic E-state index is 10.4. The molecule has 106 valence electrons. The van der Waals surface area contributed by atoms with Crippen LogP contribution in [0.4, 0.5) is 0 Å². The minimum absolute atomic E-state index is 0. The normalized spacial score (nSPS) is 20.6. The average molecular weight is 344 g/mol. The van der Waals surface area contributed by atoms with Crippen molar-refractivity contribution in [3.8, 4) is 0 Å². The fraction of sp³-hybridized carbons (Fsp3) is 0.857. The molecule has 2 aliphatic carbocycles. The van der Waals surface area contributed by atoms with Crippen LogP contribution in [0.25, 0.3) is 0 Å². The summed E-state index contributed by atoms with van der Waals surface area (Å²) < 4.78 is 0. The van der Waals surface area contributed by atoms with Crippen molar-refractivity contribution < 1.29 is 19.8 Å². The van der Waals surface area contributed by atoms with Crippen molar-refractivity contribution in [2.45, 2.75) is 64.2 Å². The SMILES string of the molecule is O=C(O)C1CCCCC1.O=C(O)C1CCCCC1.[Sr]. The minimum Gasteiger partial charge on any atom is -0.481 e. The first-order valence-electron chi connectivity index (χ1n) is 7.07. The fourth-order valence-electron chi connectivity index (χ4n) is 2.70. The van der Waals surface area contributed by atoms with Gasteiger partial charge in [-0.25, -0.2) is 0 Å². The average Bonchev–Trinajstić information content (AvgIpc) is 2.41. The van der Waals surface area contributed by atoms with Crippen LogP contribution in [0.15, 0.2) is 0 Å². The van der Waals surface area contributed by atoms with E-state index in [9.17, 15) is 9.59 Å². The van der Waals surface area contributed by atoms with Gasteiger partial charge in [0.1, 0.15) is 0 Å². The second-order valence-electron chi connectivity index (χ2n) is 5.35. The fourth-order valence-corrected chi connectivity index (χ4v) is 2.70. The molecule has 0 saturated heterocycles. The van der Waals surface area contributed by atoms with Gasteiger partial charge in [0.2, 0.25) is 0 Å². The standard InChI is InChI=1S/2C7H12O2.Sr/c2*8-7(9)6-4-2-1-3-5-6;/h2*6H,1-5H2,(H,8,9);. The molecule has 2 aliphatic rings. The molecule has 2 fully saturated rings. The van der Waals surface area contributed by atoms with Gasteiger partial charge >= 0.3 is 11.9 Å². The molecule has 0 atom stereocenters. The van der Waals surface area contributed by atoms with Crippen LogP contribution in [0.3, 0.4) is 0 Å². The molecule has 2 saturated carbocycles. The molecule has 19 heavy (non-hydrogen) atoms. The van der Waals surface area contributed by atoms with Gasteiger partial charge in [0.15, 0.2) is 0 Å². The summed E-state index contributed by atoms with van der Waals surface area (Å²) in [5.74, 6) is -1.26. The van der Waals surface area contributed by atoms with Crippen LogP contribution in [0, 0.1) is 11.8 Å². The van der Waals surface area contributed by atoms with Crippen molar-refractivity contribution in [3.05, 3.63) is 0 Å². The van der Waals surface area contributed by atoms with Crippen molar-refractivity contribution >= 4 is 57.4 Å². The van der Waals surface area contributed by atoms with E-state index in [0.717, 1.165) is 51.4 Å². The first-order chi connectivity index (χ1) is 8.61. The van der Waals surface area contributed by atoms with Gasteiger partial charge in [-0.1, -0.05) is 38.5 Å². The van der Waals surface area contributed by atoms with Crippen LogP contribution >= 0.6 is 0 Å². The molecule has 0 amide bonds. The maximum absolute atomic E-state index is 10.4. The first kappa shape index (κ1) is 19.4. The molecule has 0 spiro atoms. The Morgan fingerprint density at radius 3 is 1.05 bits per heavy atom. The van der Waals surface area contributed by atoms with Gasteiger partial charge in [-0.2, -0.15) is 0 Å². The van der Waals surface area contributed by atoms with Crippen LogP contribution < -0.4 is 0 Å². The van der Waals surface area contributed by atoms with E-state index in [2.05, 4.69) is 0 Å². The Labute approximate surface area is 152 Å². The van der Waals surface area contributed by atoms with Crippen molar-refractivity contribution in [2.75, 3.05) is 0 Å². The predicted molar refractivity (Wildman–Crippen MR) is 74.2 cm³/mol. The second kappa shape index (κ2) is 11.1. The molecular weight excluding hydrogens is 320 g/mol. The Morgan fingerprint density at radius 2 is 0.895 bits per heavy atom. The first-order valence-corrected chi connectivity index (χ1v) is 7.07. The van der Waals surface area contributed by atoms with Crippen LogP contribution in [-0.4, -0.2) is 67.6 Å². The smallest absolute Gasteiger partial charge is 0.306 e. The van der Waals surface area contributed by atoms with E-state index in [0.29, 0.717) is 0 Å². The van der Waals surface area contributed by atoms with Gasteiger partial charge in [-0.15, -0.1) is 0 Å². The van der Waals surface area contributed by atoms with E-state index in [1.54, 1.807) is 0 Å². The Balaban J connectivity index is 0.000000324.